The number of nitrogens with zero attached hydrogens (tertiary/aromatic N) is 3. The number of anilines is 1. The predicted octanol–water partition coefficient (Wildman–Crippen LogP) is 3.85. The third-order valence-corrected chi connectivity index (χ3v) is 6.67. The van der Waals surface area contributed by atoms with Gasteiger partial charge in [-0.2, -0.15) is 0 Å². The van der Waals surface area contributed by atoms with Gasteiger partial charge in [-0.25, -0.2) is 0 Å². The zero-order chi connectivity index (χ0) is 21.8. The lowest BCUT2D eigenvalue weighted by molar-refractivity contribution is 0.0887. The van der Waals surface area contributed by atoms with Crippen molar-refractivity contribution in [2.24, 2.45) is 0 Å². The van der Waals surface area contributed by atoms with E-state index in [2.05, 4.69) is 26.8 Å². The van der Waals surface area contributed by atoms with Gasteiger partial charge in [0.15, 0.2) is 11.5 Å². The van der Waals surface area contributed by atoms with Crippen LogP contribution in [-0.2, 0) is 6.54 Å². The van der Waals surface area contributed by atoms with Crippen LogP contribution in [-0.4, -0.2) is 74.4 Å². The number of hydrogen-bond donors (Lipinski definition) is 1. The van der Waals surface area contributed by atoms with Gasteiger partial charge < -0.3 is 19.5 Å². The average molecular weight is 446 g/mol. The lowest BCUT2D eigenvalue weighted by Crippen LogP contribution is -2.55. The first kappa shape index (κ1) is 22.1. The number of phenols is 1. The van der Waals surface area contributed by atoms with Crippen molar-refractivity contribution in [3.63, 3.8) is 0 Å². The fourth-order valence-electron chi connectivity index (χ4n) is 4.79. The molecule has 0 spiro atoms. The first-order chi connectivity index (χ1) is 15.1. The monoisotopic (exact) mass is 445 g/mol. The Kier molecular flexibility index (Phi) is 7.10. The minimum absolute atomic E-state index is 0.0582. The molecule has 0 radical (unpaired) electrons. The molecule has 2 heterocycles. The molecule has 0 saturated carbocycles. The van der Waals surface area contributed by atoms with Gasteiger partial charge in [-0.3, -0.25) is 9.80 Å². The molecule has 0 bridgehead atoms. The summed E-state index contributed by atoms with van der Waals surface area (Å²) in [5.41, 5.74) is 2.31. The van der Waals surface area contributed by atoms with Crippen LogP contribution in [0.5, 0.6) is 17.2 Å². The Labute approximate surface area is 189 Å². The molecule has 2 aliphatic heterocycles. The Balaban J connectivity index is 1.35. The van der Waals surface area contributed by atoms with Gasteiger partial charge in [0.1, 0.15) is 0 Å². The number of benzene rings is 2. The van der Waals surface area contributed by atoms with Gasteiger partial charge in [-0.05, 0) is 55.3 Å². The highest BCUT2D eigenvalue weighted by Gasteiger charge is 2.28. The average Bonchev–Trinajstić information content (AvgIpc) is 2.80. The van der Waals surface area contributed by atoms with E-state index in [1.807, 2.05) is 24.3 Å². The van der Waals surface area contributed by atoms with E-state index >= 15 is 0 Å². The SMILES string of the molecule is COc1cc(CN2CCCC(N3CCN(c4cccc(Cl)c4)CC3)C2)cc(OC)c1O. The minimum atomic E-state index is 0.0582. The van der Waals surface area contributed by atoms with E-state index in [0.29, 0.717) is 17.5 Å². The van der Waals surface area contributed by atoms with Crippen LogP contribution in [0.1, 0.15) is 18.4 Å². The standard InChI is InChI=1S/C24H32ClN3O3/c1-30-22-13-18(14-23(31-2)24(22)29)16-26-8-4-7-21(17-26)28-11-9-27(10-12-28)20-6-3-5-19(25)15-20/h3,5-6,13-15,21,29H,4,7-12,16-17H2,1-2H3. The molecule has 0 amide bonds. The molecule has 0 aliphatic carbocycles. The van der Waals surface area contributed by atoms with Gasteiger partial charge in [0.25, 0.3) is 0 Å². The summed E-state index contributed by atoms with van der Waals surface area (Å²) in [5, 5.41) is 11.0. The Hall–Kier alpha value is -2.15. The third-order valence-electron chi connectivity index (χ3n) is 6.43. The quantitative estimate of drug-likeness (QED) is 0.728. The first-order valence-corrected chi connectivity index (χ1v) is 11.4. The van der Waals surface area contributed by atoms with E-state index in [0.717, 1.165) is 56.4 Å². The number of piperazine rings is 1. The molecule has 2 fully saturated rings. The second-order valence-corrected chi connectivity index (χ2v) is 8.82. The fourth-order valence-corrected chi connectivity index (χ4v) is 4.97. The van der Waals surface area contributed by atoms with E-state index in [4.69, 9.17) is 21.1 Å². The molecule has 1 atom stereocenters. The van der Waals surface area contributed by atoms with E-state index in [1.165, 1.54) is 18.5 Å². The number of piperidine rings is 1. The molecule has 1 N–H and O–H groups in total. The van der Waals surface area contributed by atoms with Crippen LogP contribution in [0.4, 0.5) is 5.69 Å². The summed E-state index contributed by atoms with van der Waals surface area (Å²) in [7, 11) is 3.14. The zero-order valence-electron chi connectivity index (χ0n) is 18.4. The van der Waals surface area contributed by atoms with Crippen LogP contribution in [0.3, 0.4) is 0 Å². The van der Waals surface area contributed by atoms with Crippen molar-refractivity contribution < 1.29 is 14.6 Å². The Morgan fingerprint density at radius 3 is 2.35 bits per heavy atom. The molecule has 7 heteroatoms. The van der Waals surface area contributed by atoms with E-state index in [9.17, 15) is 5.11 Å². The van der Waals surface area contributed by atoms with E-state index < -0.39 is 0 Å². The molecule has 4 rings (SSSR count). The van der Waals surface area contributed by atoms with Crippen molar-refractivity contribution >= 4 is 17.3 Å². The smallest absolute Gasteiger partial charge is 0.200 e. The second kappa shape index (κ2) is 9.98. The highest BCUT2D eigenvalue weighted by molar-refractivity contribution is 6.30. The molecular weight excluding hydrogens is 414 g/mol. The van der Waals surface area contributed by atoms with Crippen LogP contribution in [0, 0.1) is 0 Å². The largest absolute Gasteiger partial charge is 0.502 e. The molecule has 2 aliphatic rings. The van der Waals surface area contributed by atoms with Crippen molar-refractivity contribution in [1.82, 2.24) is 9.80 Å². The number of ether oxygens (including phenoxy) is 2. The van der Waals surface area contributed by atoms with Crippen LogP contribution in [0.2, 0.25) is 5.02 Å². The first-order valence-electron chi connectivity index (χ1n) is 11.0. The van der Waals surface area contributed by atoms with Crippen LogP contribution in [0.15, 0.2) is 36.4 Å². The lowest BCUT2D eigenvalue weighted by Gasteiger charge is -2.44. The molecular formula is C24H32ClN3O3. The van der Waals surface area contributed by atoms with Crippen LogP contribution in [0.25, 0.3) is 0 Å². The maximum Gasteiger partial charge on any atom is 0.200 e. The summed E-state index contributed by atoms with van der Waals surface area (Å²) < 4.78 is 10.6. The fraction of sp³-hybridized carbons (Fsp3) is 0.500. The second-order valence-electron chi connectivity index (χ2n) is 8.38. The molecule has 0 aromatic heterocycles. The van der Waals surface area contributed by atoms with Gasteiger partial charge in [-0.15, -0.1) is 0 Å². The molecule has 2 aromatic rings. The third kappa shape index (κ3) is 5.20. The van der Waals surface area contributed by atoms with Crippen LogP contribution >= 0.6 is 11.6 Å². The number of methoxy groups -OCH3 is 2. The Morgan fingerprint density at radius 1 is 1.00 bits per heavy atom. The van der Waals surface area contributed by atoms with Crippen molar-refractivity contribution in [2.45, 2.75) is 25.4 Å². The number of aromatic hydroxyl groups is 1. The molecule has 2 aromatic carbocycles. The van der Waals surface area contributed by atoms with Crippen molar-refractivity contribution in [1.29, 1.82) is 0 Å². The van der Waals surface area contributed by atoms with Gasteiger partial charge in [0.2, 0.25) is 5.75 Å². The summed E-state index contributed by atoms with van der Waals surface area (Å²) >= 11 is 6.17. The number of rotatable bonds is 6. The summed E-state index contributed by atoms with van der Waals surface area (Å²) in [6, 6.07) is 12.5. The summed E-state index contributed by atoms with van der Waals surface area (Å²) in [4.78, 5) is 7.58. The number of halogens is 1. The lowest BCUT2D eigenvalue weighted by atomic mass is 10.0. The maximum absolute atomic E-state index is 10.2. The summed E-state index contributed by atoms with van der Waals surface area (Å²) in [5.74, 6) is 0.975. The highest BCUT2D eigenvalue weighted by atomic mass is 35.5. The normalized spacial score (nSPS) is 20.6. The number of phenolic OH excluding ortho intramolecular Hbond substituents is 1. The Morgan fingerprint density at radius 2 is 1.71 bits per heavy atom. The van der Waals surface area contributed by atoms with Crippen molar-refractivity contribution in [3.8, 4) is 17.2 Å². The highest BCUT2D eigenvalue weighted by Crippen LogP contribution is 2.37. The molecule has 168 valence electrons. The molecule has 6 nitrogen and oxygen atoms in total. The van der Waals surface area contributed by atoms with E-state index in [-0.39, 0.29) is 5.75 Å². The molecule has 2 saturated heterocycles. The van der Waals surface area contributed by atoms with Gasteiger partial charge in [-0.1, -0.05) is 17.7 Å². The van der Waals surface area contributed by atoms with Gasteiger partial charge in [0.05, 0.1) is 14.2 Å². The zero-order valence-corrected chi connectivity index (χ0v) is 19.1. The maximum atomic E-state index is 10.2. The number of hydrogen-bond acceptors (Lipinski definition) is 6. The summed E-state index contributed by atoms with van der Waals surface area (Å²) in [6.07, 6.45) is 2.45. The number of likely N-dealkylation sites (tertiary alicyclic amines) is 1. The predicted molar refractivity (Wildman–Crippen MR) is 125 cm³/mol. The van der Waals surface area contributed by atoms with Gasteiger partial charge >= 0.3 is 0 Å². The van der Waals surface area contributed by atoms with Crippen molar-refractivity contribution in [3.05, 3.63) is 47.0 Å². The Bertz CT molecular complexity index is 861. The van der Waals surface area contributed by atoms with Gasteiger partial charge in [0, 0.05) is 56.0 Å². The topological polar surface area (TPSA) is 48.4 Å². The summed E-state index contributed by atoms with van der Waals surface area (Å²) in [6.45, 7) is 7.18. The molecule has 31 heavy (non-hydrogen) atoms. The molecule has 1 unspecified atom stereocenters. The van der Waals surface area contributed by atoms with Crippen LogP contribution < -0.4 is 14.4 Å². The minimum Gasteiger partial charge on any atom is -0.502 e. The van der Waals surface area contributed by atoms with E-state index in [1.54, 1.807) is 14.2 Å². The van der Waals surface area contributed by atoms with Crippen molar-refractivity contribution in [2.75, 3.05) is 58.4 Å².